The lowest BCUT2D eigenvalue weighted by molar-refractivity contribution is 0.103. The highest BCUT2D eigenvalue weighted by Crippen LogP contribution is 2.35. The molecular formula is C21H25N5O2S. The van der Waals surface area contributed by atoms with Crippen LogP contribution in [0, 0.1) is 6.92 Å². The molecule has 0 atom stereocenters. The van der Waals surface area contributed by atoms with Crippen molar-refractivity contribution in [1.29, 1.82) is 0 Å². The van der Waals surface area contributed by atoms with Crippen LogP contribution in [0.3, 0.4) is 0 Å². The molecule has 8 heteroatoms. The fourth-order valence-electron chi connectivity index (χ4n) is 3.52. The van der Waals surface area contributed by atoms with Gasteiger partial charge in [-0.05, 0) is 50.7 Å². The third-order valence-electron chi connectivity index (χ3n) is 5.14. The van der Waals surface area contributed by atoms with Crippen LogP contribution in [0.4, 0.5) is 11.5 Å². The van der Waals surface area contributed by atoms with E-state index < -0.39 is 0 Å². The molecule has 3 heterocycles. The van der Waals surface area contributed by atoms with Crippen LogP contribution in [0.25, 0.3) is 10.2 Å². The smallest absolute Gasteiger partial charge is 0.266 e. The highest BCUT2D eigenvalue weighted by molar-refractivity contribution is 7.20. The lowest BCUT2D eigenvalue weighted by atomic mass is 10.1. The molecule has 0 aliphatic carbocycles. The van der Waals surface area contributed by atoms with Gasteiger partial charge in [0.1, 0.15) is 22.7 Å². The Morgan fingerprint density at radius 1 is 1.17 bits per heavy atom. The van der Waals surface area contributed by atoms with E-state index in [2.05, 4.69) is 32.1 Å². The number of benzene rings is 1. The van der Waals surface area contributed by atoms with E-state index in [1.807, 2.05) is 38.1 Å². The molecule has 29 heavy (non-hydrogen) atoms. The summed E-state index contributed by atoms with van der Waals surface area (Å²) < 4.78 is 5.45. The van der Waals surface area contributed by atoms with Crippen LogP contribution in [-0.2, 0) is 0 Å². The van der Waals surface area contributed by atoms with Gasteiger partial charge in [-0.3, -0.25) is 4.79 Å². The van der Waals surface area contributed by atoms with E-state index in [1.54, 1.807) is 6.33 Å². The largest absolute Gasteiger partial charge is 0.494 e. The van der Waals surface area contributed by atoms with E-state index >= 15 is 0 Å². The predicted molar refractivity (Wildman–Crippen MR) is 117 cm³/mol. The number of carbonyl (C=O) groups is 1. The van der Waals surface area contributed by atoms with Gasteiger partial charge in [0.2, 0.25) is 0 Å². The third-order valence-corrected chi connectivity index (χ3v) is 6.34. The Kier molecular flexibility index (Phi) is 5.64. The van der Waals surface area contributed by atoms with E-state index in [4.69, 9.17) is 4.74 Å². The van der Waals surface area contributed by atoms with E-state index in [9.17, 15) is 4.79 Å². The van der Waals surface area contributed by atoms with Crippen LogP contribution in [-0.4, -0.2) is 60.6 Å². The van der Waals surface area contributed by atoms with Crippen LogP contribution in [0.15, 0.2) is 30.6 Å². The summed E-state index contributed by atoms with van der Waals surface area (Å²) in [5, 5.41) is 3.97. The van der Waals surface area contributed by atoms with Crippen molar-refractivity contribution in [3.05, 3.63) is 41.0 Å². The minimum Gasteiger partial charge on any atom is -0.494 e. The summed E-state index contributed by atoms with van der Waals surface area (Å²) in [7, 11) is 2.13. The maximum absolute atomic E-state index is 12.9. The molecule has 1 fully saturated rings. The first kappa shape index (κ1) is 19.6. The summed E-state index contributed by atoms with van der Waals surface area (Å²) in [5.74, 6) is 1.59. The number of carbonyl (C=O) groups excluding carboxylic acids is 1. The molecule has 1 aliphatic rings. The number of likely N-dealkylation sites (N-methyl/N-ethyl adjacent to an activating group) is 1. The lowest BCUT2D eigenvalue weighted by Crippen LogP contribution is -2.44. The molecule has 0 unspecified atom stereocenters. The SMILES string of the molecule is CCOc1ccc(NC(=O)c2sc3ncnc(N4CCN(C)CC4)c3c2C)cc1. The van der Waals surface area contributed by atoms with Crippen molar-refractivity contribution < 1.29 is 9.53 Å². The van der Waals surface area contributed by atoms with Crippen molar-refractivity contribution in [2.45, 2.75) is 13.8 Å². The van der Waals surface area contributed by atoms with Gasteiger partial charge in [-0.15, -0.1) is 11.3 Å². The second-order valence-corrected chi connectivity index (χ2v) is 8.13. The molecule has 1 amide bonds. The van der Waals surface area contributed by atoms with Gasteiger partial charge in [-0.2, -0.15) is 0 Å². The number of fused-ring (bicyclic) bond motifs is 1. The molecule has 7 nitrogen and oxygen atoms in total. The van der Waals surface area contributed by atoms with Crippen LogP contribution in [0.5, 0.6) is 5.75 Å². The highest BCUT2D eigenvalue weighted by Gasteiger charge is 2.23. The van der Waals surface area contributed by atoms with Crippen LogP contribution in [0.1, 0.15) is 22.2 Å². The van der Waals surface area contributed by atoms with Gasteiger partial charge < -0.3 is 19.9 Å². The molecule has 0 radical (unpaired) electrons. The number of ether oxygens (including phenoxy) is 1. The fourth-order valence-corrected chi connectivity index (χ4v) is 4.56. The lowest BCUT2D eigenvalue weighted by Gasteiger charge is -2.33. The quantitative estimate of drug-likeness (QED) is 0.694. The average Bonchev–Trinajstić information content (AvgIpc) is 3.07. The van der Waals surface area contributed by atoms with Crippen molar-refractivity contribution in [2.75, 3.05) is 50.1 Å². The van der Waals surface area contributed by atoms with Crippen LogP contribution >= 0.6 is 11.3 Å². The Labute approximate surface area is 174 Å². The number of aromatic nitrogens is 2. The van der Waals surface area contributed by atoms with Gasteiger partial charge >= 0.3 is 0 Å². The number of aryl methyl sites for hydroxylation is 1. The number of thiophene rings is 1. The monoisotopic (exact) mass is 411 g/mol. The first-order chi connectivity index (χ1) is 14.1. The molecule has 152 valence electrons. The van der Waals surface area contributed by atoms with Gasteiger partial charge in [0.15, 0.2) is 0 Å². The van der Waals surface area contributed by atoms with Crippen LogP contribution in [0.2, 0.25) is 0 Å². The van der Waals surface area contributed by atoms with E-state index in [0.717, 1.165) is 59.2 Å². The third kappa shape index (κ3) is 4.04. The minimum atomic E-state index is -0.126. The Morgan fingerprint density at radius 3 is 2.59 bits per heavy atom. The normalized spacial score (nSPS) is 14.9. The number of nitrogens with zero attached hydrogens (tertiary/aromatic N) is 4. The Morgan fingerprint density at radius 2 is 1.90 bits per heavy atom. The molecule has 3 aromatic rings. The zero-order chi connectivity index (χ0) is 20.4. The number of piperazine rings is 1. The second kappa shape index (κ2) is 8.34. The standard InChI is InChI=1S/C21H25N5O2S/c1-4-28-16-7-5-15(6-8-16)24-20(27)18-14(2)17-19(22-13-23-21(17)29-18)26-11-9-25(3)10-12-26/h5-8,13H,4,9-12H2,1-3H3,(H,24,27). The molecule has 2 aromatic heterocycles. The Balaban J connectivity index is 1.60. The summed E-state index contributed by atoms with van der Waals surface area (Å²) in [6.07, 6.45) is 1.60. The van der Waals surface area contributed by atoms with Crippen molar-refractivity contribution in [3.8, 4) is 5.75 Å². The number of amides is 1. The van der Waals surface area contributed by atoms with Gasteiger partial charge in [-0.1, -0.05) is 0 Å². The zero-order valence-electron chi connectivity index (χ0n) is 16.9. The van der Waals surface area contributed by atoms with Crippen molar-refractivity contribution in [1.82, 2.24) is 14.9 Å². The molecule has 1 saturated heterocycles. The minimum absolute atomic E-state index is 0.126. The summed E-state index contributed by atoms with van der Waals surface area (Å²) >= 11 is 1.42. The molecule has 4 rings (SSSR count). The molecule has 0 bridgehead atoms. The topological polar surface area (TPSA) is 70.6 Å². The maximum Gasteiger partial charge on any atom is 0.266 e. The van der Waals surface area contributed by atoms with E-state index in [0.29, 0.717) is 11.5 Å². The summed E-state index contributed by atoms with van der Waals surface area (Å²) in [4.78, 5) is 28.1. The zero-order valence-corrected chi connectivity index (χ0v) is 17.8. The number of nitrogens with one attached hydrogen (secondary N) is 1. The van der Waals surface area contributed by atoms with Gasteiger partial charge in [0.25, 0.3) is 5.91 Å². The first-order valence-electron chi connectivity index (χ1n) is 9.78. The summed E-state index contributed by atoms with van der Waals surface area (Å²) in [5.41, 5.74) is 1.67. The summed E-state index contributed by atoms with van der Waals surface area (Å²) in [6, 6.07) is 7.41. The predicted octanol–water partition coefficient (Wildman–Crippen LogP) is 3.40. The van der Waals surface area contributed by atoms with Crippen molar-refractivity contribution >= 4 is 39.0 Å². The van der Waals surface area contributed by atoms with E-state index in [1.165, 1.54) is 11.3 Å². The molecule has 0 spiro atoms. The molecule has 1 aromatic carbocycles. The van der Waals surface area contributed by atoms with Gasteiger partial charge in [0.05, 0.1) is 16.9 Å². The molecular weight excluding hydrogens is 386 g/mol. The van der Waals surface area contributed by atoms with Crippen molar-refractivity contribution in [3.63, 3.8) is 0 Å². The second-order valence-electron chi connectivity index (χ2n) is 7.14. The molecule has 0 saturated carbocycles. The Hall–Kier alpha value is -2.71. The first-order valence-corrected chi connectivity index (χ1v) is 10.6. The van der Waals surface area contributed by atoms with Gasteiger partial charge in [0, 0.05) is 31.9 Å². The highest BCUT2D eigenvalue weighted by atomic mass is 32.1. The van der Waals surface area contributed by atoms with Crippen molar-refractivity contribution in [2.24, 2.45) is 0 Å². The number of anilines is 2. The number of hydrogen-bond acceptors (Lipinski definition) is 7. The maximum atomic E-state index is 12.9. The molecule has 1 aliphatic heterocycles. The molecule has 1 N–H and O–H groups in total. The number of hydrogen-bond donors (Lipinski definition) is 1. The van der Waals surface area contributed by atoms with Crippen LogP contribution < -0.4 is 15.0 Å². The van der Waals surface area contributed by atoms with Gasteiger partial charge in [-0.25, -0.2) is 9.97 Å². The van der Waals surface area contributed by atoms with E-state index in [-0.39, 0.29) is 5.91 Å². The summed E-state index contributed by atoms with van der Waals surface area (Å²) in [6.45, 7) is 8.38. The Bertz CT molecular complexity index is 1010. The fraction of sp³-hybridized carbons (Fsp3) is 0.381. The number of rotatable bonds is 5. The average molecular weight is 412 g/mol.